The summed E-state index contributed by atoms with van der Waals surface area (Å²) in [6.45, 7) is 11.7. The third-order valence-electron chi connectivity index (χ3n) is 3.79. The van der Waals surface area contributed by atoms with Gasteiger partial charge in [-0.05, 0) is 30.1 Å². The molecule has 0 saturated carbocycles. The number of hydrogen-bond acceptors (Lipinski definition) is 1. The first-order chi connectivity index (χ1) is 7.02. The minimum Gasteiger partial charge on any atom is -0.396 e. The second kappa shape index (κ2) is 8.15. The Morgan fingerprint density at radius 1 is 1.07 bits per heavy atom. The maximum Gasteiger partial charge on any atom is 0.0462 e. The van der Waals surface area contributed by atoms with Crippen molar-refractivity contribution in [2.24, 2.45) is 23.7 Å². The van der Waals surface area contributed by atoms with E-state index in [1.807, 2.05) is 0 Å². The highest BCUT2D eigenvalue weighted by atomic mass is 16.3. The Hall–Kier alpha value is -0.0400. The van der Waals surface area contributed by atoms with Gasteiger partial charge in [-0.15, -0.1) is 0 Å². The largest absolute Gasteiger partial charge is 0.396 e. The van der Waals surface area contributed by atoms with Gasteiger partial charge in [-0.25, -0.2) is 0 Å². The highest BCUT2D eigenvalue weighted by molar-refractivity contribution is 4.71. The zero-order chi connectivity index (χ0) is 11.8. The molecule has 0 aromatic carbocycles. The molecular weight excluding hydrogens is 184 g/mol. The van der Waals surface area contributed by atoms with Gasteiger partial charge in [-0.3, -0.25) is 0 Å². The van der Waals surface area contributed by atoms with E-state index in [2.05, 4.69) is 34.6 Å². The molecule has 0 aliphatic rings. The number of aliphatic hydroxyl groups is 1. The first-order valence-corrected chi connectivity index (χ1v) is 6.63. The van der Waals surface area contributed by atoms with Gasteiger partial charge in [-0.2, -0.15) is 0 Å². The van der Waals surface area contributed by atoms with Gasteiger partial charge in [0.1, 0.15) is 0 Å². The van der Waals surface area contributed by atoms with Crippen molar-refractivity contribution in [2.45, 2.75) is 60.3 Å². The van der Waals surface area contributed by atoms with Crippen LogP contribution in [0.3, 0.4) is 0 Å². The van der Waals surface area contributed by atoms with Crippen LogP contribution in [0.15, 0.2) is 0 Å². The highest BCUT2D eigenvalue weighted by Gasteiger charge is 2.21. The lowest BCUT2D eigenvalue weighted by Gasteiger charge is -2.27. The van der Waals surface area contributed by atoms with Crippen LogP contribution >= 0.6 is 0 Å². The van der Waals surface area contributed by atoms with Crippen molar-refractivity contribution in [3.63, 3.8) is 0 Å². The Bertz CT molecular complexity index is 142. The summed E-state index contributed by atoms with van der Waals surface area (Å²) >= 11 is 0. The van der Waals surface area contributed by atoms with E-state index in [1.54, 1.807) is 0 Å². The van der Waals surface area contributed by atoms with E-state index in [-0.39, 0.29) is 0 Å². The van der Waals surface area contributed by atoms with Crippen molar-refractivity contribution in [3.8, 4) is 0 Å². The molecule has 15 heavy (non-hydrogen) atoms. The molecule has 0 amide bonds. The van der Waals surface area contributed by atoms with Crippen LogP contribution in [0, 0.1) is 23.7 Å². The summed E-state index contributed by atoms with van der Waals surface area (Å²) < 4.78 is 0. The Kier molecular flexibility index (Phi) is 8.13. The molecule has 3 atom stereocenters. The molecule has 1 heteroatoms. The van der Waals surface area contributed by atoms with Gasteiger partial charge in [0.2, 0.25) is 0 Å². The van der Waals surface area contributed by atoms with Gasteiger partial charge < -0.3 is 5.11 Å². The van der Waals surface area contributed by atoms with Crippen molar-refractivity contribution in [1.82, 2.24) is 0 Å². The van der Waals surface area contributed by atoms with E-state index in [1.165, 1.54) is 25.7 Å². The molecule has 0 spiro atoms. The van der Waals surface area contributed by atoms with Gasteiger partial charge in [-0.1, -0.05) is 53.9 Å². The molecule has 0 fully saturated rings. The quantitative estimate of drug-likeness (QED) is 0.645. The number of aliphatic hydroxyl groups excluding tert-OH is 1. The predicted octanol–water partition coefficient (Wildman–Crippen LogP) is 4.10. The van der Waals surface area contributed by atoms with Gasteiger partial charge in [0, 0.05) is 6.61 Å². The van der Waals surface area contributed by atoms with E-state index in [0.717, 1.165) is 5.92 Å². The second-order valence-corrected chi connectivity index (χ2v) is 5.53. The molecular formula is C14H30O. The lowest BCUT2D eigenvalue weighted by atomic mass is 9.79. The Balaban J connectivity index is 3.97. The van der Waals surface area contributed by atoms with Crippen LogP contribution in [0.4, 0.5) is 0 Å². The summed E-state index contributed by atoms with van der Waals surface area (Å²) in [7, 11) is 0. The van der Waals surface area contributed by atoms with Gasteiger partial charge in [0.15, 0.2) is 0 Å². The number of rotatable bonds is 8. The highest BCUT2D eigenvalue weighted by Crippen LogP contribution is 2.27. The Labute approximate surface area is 96.3 Å². The number of unbranched alkanes of at least 4 members (excludes halogenated alkanes) is 1. The smallest absolute Gasteiger partial charge is 0.0462 e. The van der Waals surface area contributed by atoms with E-state index in [4.69, 9.17) is 0 Å². The van der Waals surface area contributed by atoms with Crippen molar-refractivity contribution >= 4 is 0 Å². The van der Waals surface area contributed by atoms with Crippen LogP contribution in [0.1, 0.15) is 60.3 Å². The minimum absolute atomic E-state index is 0.357. The van der Waals surface area contributed by atoms with E-state index >= 15 is 0 Å². The molecule has 0 aromatic heterocycles. The standard InChI is InChI=1S/C14H30O/c1-6-7-8-12(4)9-14(10-15)13(5)11(2)3/h11-15H,6-10H2,1-5H3. The lowest BCUT2D eigenvalue weighted by molar-refractivity contribution is 0.132. The predicted molar refractivity (Wildman–Crippen MR) is 67.9 cm³/mol. The molecule has 1 N–H and O–H groups in total. The van der Waals surface area contributed by atoms with Gasteiger partial charge in [0.25, 0.3) is 0 Å². The molecule has 0 saturated heterocycles. The fourth-order valence-electron chi connectivity index (χ4n) is 2.19. The average Bonchev–Trinajstić information content (AvgIpc) is 2.21. The van der Waals surface area contributed by atoms with Crippen LogP contribution in [0.2, 0.25) is 0 Å². The zero-order valence-corrected chi connectivity index (χ0v) is 11.3. The van der Waals surface area contributed by atoms with Crippen LogP contribution in [0.5, 0.6) is 0 Å². The minimum atomic E-state index is 0.357. The van der Waals surface area contributed by atoms with E-state index in [0.29, 0.717) is 24.4 Å². The summed E-state index contributed by atoms with van der Waals surface area (Å²) in [6.07, 6.45) is 5.12. The van der Waals surface area contributed by atoms with E-state index < -0.39 is 0 Å². The molecule has 0 radical (unpaired) electrons. The maximum atomic E-state index is 9.42. The topological polar surface area (TPSA) is 20.2 Å². The zero-order valence-electron chi connectivity index (χ0n) is 11.3. The van der Waals surface area contributed by atoms with Crippen molar-refractivity contribution in [2.75, 3.05) is 6.61 Å². The Morgan fingerprint density at radius 2 is 1.67 bits per heavy atom. The second-order valence-electron chi connectivity index (χ2n) is 5.53. The summed E-state index contributed by atoms with van der Waals surface area (Å²) in [5, 5.41) is 9.42. The molecule has 92 valence electrons. The third kappa shape index (κ3) is 6.19. The fourth-order valence-corrected chi connectivity index (χ4v) is 2.19. The molecule has 0 aliphatic carbocycles. The van der Waals surface area contributed by atoms with Crippen molar-refractivity contribution < 1.29 is 5.11 Å². The van der Waals surface area contributed by atoms with Gasteiger partial charge >= 0.3 is 0 Å². The summed E-state index contributed by atoms with van der Waals surface area (Å²) in [4.78, 5) is 0. The third-order valence-corrected chi connectivity index (χ3v) is 3.79. The van der Waals surface area contributed by atoms with Crippen LogP contribution < -0.4 is 0 Å². The van der Waals surface area contributed by atoms with Crippen molar-refractivity contribution in [3.05, 3.63) is 0 Å². The first kappa shape index (κ1) is 15.0. The molecule has 1 nitrogen and oxygen atoms in total. The summed E-state index contributed by atoms with van der Waals surface area (Å²) in [6, 6.07) is 0. The first-order valence-electron chi connectivity index (χ1n) is 6.63. The monoisotopic (exact) mass is 214 g/mol. The van der Waals surface area contributed by atoms with Crippen LogP contribution in [0.25, 0.3) is 0 Å². The molecule has 0 rings (SSSR count). The SMILES string of the molecule is CCCCC(C)CC(CO)C(C)C(C)C. The molecule has 0 aliphatic heterocycles. The molecule has 0 bridgehead atoms. The normalized spacial score (nSPS) is 17.8. The molecule has 0 aromatic rings. The molecule has 0 heterocycles. The maximum absolute atomic E-state index is 9.42. The van der Waals surface area contributed by atoms with Crippen LogP contribution in [-0.2, 0) is 0 Å². The lowest BCUT2D eigenvalue weighted by Crippen LogP contribution is -2.22. The fraction of sp³-hybridized carbons (Fsp3) is 1.00. The number of hydrogen-bond donors (Lipinski definition) is 1. The van der Waals surface area contributed by atoms with Gasteiger partial charge in [0.05, 0.1) is 0 Å². The van der Waals surface area contributed by atoms with Crippen molar-refractivity contribution in [1.29, 1.82) is 0 Å². The summed E-state index contributed by atoms with van der Waals surface area (Å²) in [5.41, 5.74) is 0. The average molecular weight is 214 g/mol. The van der Waals surface area contributed by atoms with E-state index in [9.17, 15) is 5.11 Å². The summed E-state index contributed by atoms with van der Waals surface area (Å²) in [5.74, 6) is 2.58. The molecule has 3 unspecified atom stereocenters. The van der Waals surface area contributed by atoms with Crippen LogP contribution in [-0.4, -0.2) is 11.7 Å². The Morgan fingerprint density at radius 3 is 2.07 bits per heavy atom.